The lowest BCUT2D eigenvalue weighted by molar-refractivity contribution is 0.0956. The van der Waals surface area contributed by atoms with Crippen LogP contribution in [0.1, 0.15) is 21.5 Å². The van der Waals surface area contributed by atoms with Gasteiger partial charge in [-0.05, 0) is 35.4 Å². The Morgan fingerprint density at radius 1 is 1.06 bits per heavy atom. The lowest BCUT2D eigenvalue weighted by Gasteiger charge is -2.33. The van der Waals surface area contributed by atoms with Crippen molar-refractivity contribution in [3.63, 3.8) is 0 Å². The number of nitrogens with one attached hydrogen (secondary N) is 1. The maximum Gasteiger partial charge on any atom is 0.251 e. The molecule has 0 saturated carbocycles. The summed E-state index contributed by atoms with van der Waals surface area (Å²) in [6, 6.07) is 15.4. The molecule has 1 heterocycles. The molecule has 0 atom stereocenters. The molecule has 0 spiro atoms. The minimum absolute atomic E-state index is 0.0725. The van der Waals surface area contributed by atoms with E-state index in [1.807, 2.05) is 48.5 Å². The van der Waals surface area contributed by atoms with Crippen molar-refractivity contribution < 1.29 is 13.2 Å². The van der Waals surface area contributed by atoms with Crippen LogP contribution in [0.5, 0.6) is 0 Å². The van der Waals surface area contributed by atoms with Gasteiger partial charge in [0.05, 0.1) is 6.26 Å². The quantitative estimate of drug-likeness (QED) is 0.557. The maximum atomic E-state index is 12.3. The van der Waals surface area contributed by atoms with E-state index in [1.54, 1.807) is 11.8 Å². The van der Waals surface area contributed by atoms with E-state index in [1.165, 1.54) is 16.1 Å². The number of carbonyl (C=O) groups excluding carboxylic acids is 1. The molecular formula is C22H28ClN3O3S2. The highest BCUT2D eigenvalue weighted by atomic mass is 35.5. The number of piperazine rings is 1. The second-order valence-electron chi connectivity index (χ2n) is 7.57. The van der Waals surface area contributed by atoms with E-state index < -0.39 is 10.0 Å². The van der Waals surface area contributed by atoms with Gasteiger partial charge >= 0.3 is 0 Å². The average molecular weight is 482 g/mol. The van der Waals surface area contributed by atoms with Crippen LogP contribution >= 0.6 is 23.4 Å². The molecule has 6 nitrogen and oxygen atoms in total. The molecule has 168 valence electrons. The van der Waals surface area contributed by atoms with Crippen LogP contribution < -0.4 is 5.32 Å². The lowest BCUT2D eigenvalue weighted by Crippen LogP contribution is -2.47. The van der Waals surface area contributed by atoms with Crippen LogP contribution in [0.25, 0.3) is 0 Å². The summed E-state index contributed by atoms with van der Waals surface area (Å²) in [5.41, 5.74) is 2.93. The predicted molar refractivity (Wildman–Crippen MR) is 128 cm³/mol. The van der Waals surface area contributed by atoms with Gasteiger partial charge in [-0.1, -0.05) is 35.9 Å². The Balaban J connectivity index is 1.37. The zero-order chi connectivity index (χ0) is 22.3. The zero-order valence-electron chi connectivity index (χ0n) is 17.6. The van der Waals surface area contributed by atoms with Crippen molar-refractivity contribution >= 4 is 39.3 Å². The summed E-state index contributed by atoms with van der Waals surface area (Å²) in [6.07, 6.45) is 1.25. The summed E-state index contributed by atoms with van der Waals surface area (Å²) in [5, 5.41) is 3.70. The Kier molecular flexibility index (Phi) is 8.80. The predicted octanol–water partition coefficient (Wildman–Crippen LogP) is 3.08. The highest BCUT2D eigenvalue weighted by molar-refractivity contribution is 7.98. The van der Waals surface area contributed by atoms with Gasteiger partial charge in [0.1, 0.15) is 0 Å². The Hall–Kier alpha value is -1.58. The Labute approximate surface area is 194 Å². The van der Waals surface area contributed by atoms with Crippen LogP contribution in [0.2, 0.25) is 5.02 Å². The third-order valence-electron chi connectivity index (χ3n) is 5.11. The molecule has 3 rings (SSSR count). The summed E-state index contributed by atoms with van der Waals surface area (Å²) in [4.78, 5) is 14.6. The van der Waals surface area contributed by atoms with Crippen LogP contribution in [0.15, 0.2) is 48.5 Å². The monoisotopic (exact) mass is 481 g/mol. The average Bonchev–Trinajstić information content (AvgIpc) is 2.74. The third-order valence-corrected chi connectivity index (χ3v) is 7.68. The first-order valence-corrected chi connectivity index (χ1v) is 13.6. The molecule has 1 aliphatic heterocycles. The van der Waals surface area contributed by atoms with Gasteiger partial charge in [0.25, 0.3) is 5.91 Å². The van der Waals surface area contributed by atoms with Crippen LogP contribution in [-0.4, -0.2) is 68.3 Å². The number of nitrogens with zero attached hydrogens (tertiary/aromatic N) is 2. The second-order valence-corrected chi connectivity index (χ2v) is 11.1. The molecule has 1 N–H and O–H groups in total. The van der Waals surface area contributed by atoms with Gasteiger partial charge < -0.3 is 5.32 Å². The molecule has 0 aromatic heterocycles. The zero-order valence-corrected chi connectivity index (χ0v) is 20.0. The van der Waals surface area contributed by atoms with Crippen LogP contribution in [0.3, 0.4) is 0 Å². The van der Waals surface area contributed by atoms with Crippen molar-refractivity contribution in [2.24, 2.45) is 0 Å². The topological polar surface area (TPSA) is 69.7 Å². The first-order chi connectivity index (χ1) is 14.8. The Morgan fingerprint density at radius 2 is 1.77 bits per heavy atom. The second kappa shape index (κ2) is 11.3. The molecule has 1 amide bonds. The third kappa shape index (κ3) is 7.80. The molecule has 1 fully saturated rings. The van der Waals surface area contributed by atoms with Gasteiger partial charge in [0, 0.05) is 61.4 Å². The Morgan fingerprint density at radius 3 is 2.42 bits per heavy atom. The van der Waals surface area contributed by atoms with Crippen LogP contribution in [-0.2, 0) is 22.3 Å². The minimum Gasteiger partial charge on any atom is -0.351 e. The van der Waals surface area contributed by atoms with Crippen molar-refractivity contribution in [3.05, 3.63) is 70.2 Å². The highest BCUT2D eigenvalue weighted by Gasteiger charge is 2.23. The molecule has 0 unspecified atom stereocenters. The van der Waals surface area contributed by atoms with Crippen molar-refractivity contribution in [1.82, 2.24) is 14.5 Å². The van der Waals surface area contributed by atoms with E-state index >= 15 is 0 Å². The van der Waals surface area contributed by atoms with Crippen molar-refractivity contribution in [3.8, 4) is 0 Å². The molecule has 0 radical (unpaired) electrons. The molecule has 2 aromatic rings. The number of carbonyl (C=O) groups is 1. The van der Waals surface area contributed by atoms with E-state index in [0.717, 1.165) is 28.6 Å². The number of halogens is 1. The Bertz CT molecular complexity index is 976. The molecule has 1 saturated heterocycles. The number of hydrogen-bond donors (Lipinski definition) is 1. The number of hydrogen-bond acceptors (Lipinski definition) is 5. The molecule has 0 bridgehead atoms. The number of rotatable bonds is 9. The van der Waals surface area contributed by atoms with Gasteiger partial charge in [-0.3, -0.25) is 9.69 Å². The lowest BCUT2D eigenvalue weighted by atomic mass is 10.1. The summed E-state index contributed by atoms with van der Waals surface area (Å²) in [7, 11) is -3.11. The fraction of sp³-hybridized carbons (Fsp3) is 0.409. The molecule has 2 aromatic carbocycles. The number of thioether (sulfide) groups is 1. The van der Waals surface area contributed by atoms with Crippen LogP contribution in [0, 0.1) is 0 Å². The fourth-order valence-electron chi connectivity index (χ4n) is 3.39. The van der Waals surface area contributed by atoms with Crippen molar-refractivity contribution in [1.29, 1.82) is 0 Å². The van der Waals surface area contributed by atoms with Gasteiger partial charge in [-0.2, -0.15) is 16.1 Å². The van der Waals surface area contributed by atoms with E-state index in [0.29, 0.717) is 38.3 Å². The smallest absolute Gasteiger partial charge is 0.251 e. The van der Waals surface area contributed by atoms with Gasteiger partial charge in [0.15, 0.2) is 0 Å². The summed E-state index contributed by atoms with van der Waals surface area (Å²) in [6.45, 7) is 3.82. The summed E-state index contributed by atoms with van der Waals surface area (Å²) >= 11 is 7.75. The highest BCUT2D eigenvalue weighted by Crippen LogP contribution is 2.16. The number of sulfonamides is 1. The van der Waals surface area contributed by atoms with Crippen molar-refractivity contribution in [2.75, 3.05) is 44.7 Å². The first-order valence-electron chi connectivity index (χ1n) is 10.2. The molecule has 31 heavy (non-hydrogen) atoms. The van der Waals surface area contributed by atoms with Crippen molar-refractivity contribution in [2.45, 2.75) is 12.3 Å². The number of amides is 1. The van der Waals surface area contributed by atoms with E-state index in [9.17, 15) is 13.2 Å². The van der Waals surface area contributed by atoms with Crippen LogP contribution in [0.4, 0.5) is 0 Å². The molecule has 9 heteroatoms. The SMILES string of the molecule is CS(=O)(=O)N1CCN(Cc2ccc(C(=O)NCCSCc3cccc(Cl)c3)cc2)CC1. The summed E-state index contributed by atoms with van der Waals surface area (Å²) in [5.74, 6) is 1.62. The fourth-order valence-corrected chi connectivity index (χ4v) is 5.24. The van der Waals surface area contributed by atoms with Gasteiger partial charge in [0.2, 0.25) is 10.0 Å². The van der Waals surface area contributed by atoms with E-state index in [-0.39, 0.29) is 5.91 Å². The normalized spacial score (nSPS) is 15.7. The maximum absolute atomic E-state index is 12.3. The standard InChI is InChI=1S/C22H28ClN3O3S2/c1-31(28,29)26-12-10-25(11-13-26)16-18-5-7-20(8-6-18)22(27)24-9-14-30-17-19-3-2-4-21(23)15-19/h2-8,15H,9-14,16-17H2,1H3,(H,24,27). The molecule has 0 aliphatic carbocycles. The molecular weight excluding hydrogens is 454 g/mol. The van der Waals surface area contributed by atoms with E-state index in [4.69, 9.17) is 11.6 Å². The molecule has 1 aliphatic rings. The number of benzene rings is 2. The van der Waals surface area contributed by atoms with E-state index in [2.05, 4.69) is 10.2 Å². The first kappa shape index (κ1) is 24.1. The summed E-state index contributed by atoms with van der Waals surface area (Å²) < 4.78 is 24.7. The largest absolute Gasteiger partial charge is 0.351 e. The minimum atomic E-state index is -3.11. The van der Waals surface area contributed by atoms with Gasteiger partial charge in [-0.15, -0.1) is 0 Å². The van der Waals surface area contributed by atoms with Gasteiger partial charge in [-0.25, -0.2) is 8.42 Å².